The first-order valence-corrected chi connectivity index (χ1v) is 25.0. The molecule has 0 aliphatic carbocycles. The maximum absolute atomic E-state index is 12.8. The number of hydrogen-bond acceptors (Lipinski definition) is 6. The van der Waals surface area contributed by atoms with Gasteiger partial charge >= 0.3 is 17.9 Å². The lowest BCUT2D eigenvalue weighted by Crippen LogP contribution is -2.30. The number of ether oxygens (including phenoxy) is 3. The third kappa shape index (κ3) is 48.3. The van der Waals surface area contributed by atoms with Crippen molar-refractivity contribution in [2.45, 2.75) is 187 Å². The Bertz CT molecular complexity index is 1480. The number of unbranched alkanes of at least 4 members (excludes halogenated alkanes) is 16. The fourth-order valence-corrected chi connectivity index (χ4v) is 6.07. The topological polar surface area (TPSA) is 78.9 Å². The van der Waals surface area contributed by atoms with Crippen LogP contribution in [0.2, 0.25) is 0 Å². The second kappa shape index (κ2) is 50.9. The number of esters is 3. The van der Waals surface area contributed by atoms with Gasteiger partial charge in [0.1, 0.15) is 13.2 Å². The maximum atomic E-state index is 12.8. The lowest BCUT2D eigenvalue weighted by atomic mass is 10.1. The molecule has 0 amide bonds. The summed E-state index contributed by atoms with van der Waals surface area (Å²) in [6, 6.07) is 0. The average molecular weight is 881 g/mol. The molecule has 6 heteroatoms. The Morgan fingerprint density at radius 1 is 0.328 bits per heavy atom. The molecule has 64 heavy (non-hydrogen) atoms. The molecule has 0 rings (SSSR count). The van der Waals surface area contributed by atoms with Gasteiger partial charge < -0.3 is 14.2 Å². The number of allylic oxidation sites excluding steroid dienone is 24. The summed E-state index contributed by atoms with van der Waals surface area (Å²) in [6.45, 7) is 6.27. The summed E-state index contributed by atoms with van der Waals surface area (Å²) in [5.74, 6) is -1.01. The maximum Gasteiger partial charge on any atom is 0.306 e. The van der Waals surface area contributed by atoms with Gasteiger partial charge in [-0.3, -0.25) is 14.4 Å². The van der Waals surface area contributed by atoms with E-state index in [9.17, 15) is 14.4 Å². The number of hydrogen-bond donors (Lipinski definition) is 0. The molecule has 356 valence electrons. The van der Waals surface area contributed by atoms with Crippen molar-refractivity contribution in [2.24, 2.45) is 0 Å². The van der Waals surface area contributed by atoms with E-state index in [2.05, 4.69) is 69.4 Å². The zero-order valence-corrected chi connectivity index (χ0v) is 40.5. The first kappa shape index (κ1) is 59.3. The Kier molecular flexibility index (Phi) is 47.2. The summed E-state index contributed by atoms with van der Waals surface area (Å²) < 4.78 is 16.7. The predicted octanol–water partition coefficient (Wildman–Crippen LogP) is 16.5. The molecule has 1 atom stereocenters. The minimum Gasteiger partial charge on any atom is -0.462 e. The van der Waals surface area contributed by atoms with Crippen molar-refractivity contribution in [3.05, 3.63) is 146 Å². The molecule has 0 N–H and O–H groups in total. The Morgan fingerprint density at radius 3 is 1.08 bits per heavy atom. The first-order chi connectivity index (χ1) is 31.5. The van der Waals surface area contributed by atoms with Crippen molar-refractivity contribution < 1.29 is 28.6 Å². The molecule has 0 aliphatic heterocycles. The van der Waals surface area contributed by atoms with Crippen LogP contribution < -0.4 is 0 Å². The molecule has 0 radical (unpaired) electrons. The lowest BCUT2D eigenvalue weighted by molar-refractivity contribution is -0.167. The number of carbonyl (C=O) groups excluding carboxylic acids is 3. The zero-order valence-electron chi connectivity index (χ0n) is 40.5. The molecule has 0 spiro atoms. The molecule has 0 heterocycles. The van der Waals surface area contributed by atoms with Crippen LogP contribution in [0.4, 0.5) is 0 Å². The van der Waals surface area contributed by atoms with E-state index in [1.165, 1.54) is 32.1 Å². The molecular formula is C58H88O6. The zero-order chi connectivity index (χ0) is 46.5. The van der Waals surface area contributed by atoms with Gasteiger partial charge in [-0.2, -0.15) is 0 Å². The third-order valence-electron chi connectivity index (χ3n) is 9.82. The van der Waals surface area contributed by atoms with E-state index in [0.717, 1.165) is 103 Å². The standard InChI is InChI=1S/C58H88O6/c1-4-7-10-13-16-19-22-24-26-28-30-31-33-36-39-42-45-48-51-57(60)63-54-55(53-62-56(59)50-47-44-41-38-35-21-18-15-12-9-6-3)64-58(61)52-49-46-43-40-37-34-32-29-27-25-23-20-17-14-11-8-5-2/h8,10-11,13-20,22-32,34,37,55H,4-7,9,12,21,33,35-36,38-54H2,1-3H3/b11-8-,13-10-,17-14-,18-15-,19-16-,23-20-,24-22-,27-25-,28-26-,31-30-,32-29+,37-34-. The van der Waals surface area contributed by atoms with E-state index in [0.29, 0.717) is 19.3 Å². The molecule has 0 bridgehead atoms. The van der Waals surface area contributed by atoms with Gasteiger partial charge in [0.2, 0.25) is 0 Å². The van der Waals surface area contributed by atoms with Crippen molar-refractivity contribution >= 4 is 17.9 Å². The van der Waals surface area contributed by atoms with Crippen LogP contribution in [0.5, 0.6) is 0 Å². The van der Waals surface area contributed by atoms with Crippen LogP contribution in [0, 0.1) is 0 Å². The van der Waals surface area contributed by atoms with Crippen LogP contribution in [0.25, 0.3) is 0 Å². The van der Waals surface area contributed by atoms with Crippen molar-refractivity contribution in [3.8, 4) is 0 Å². The fraction of sp³-hybridized carbons (Fsp3) is 0.534. The molecule has 0 saturated carbocycles. The summed E-state index contributed by atoms with van der Waals surface area (Å²) in [7, 11) is 0. The lowest BCUT2D eigenvalue weighted by Gasteiger charge is -2.18. The van der Waals surface area contributed by atoms with Crippen molar-refractivity contribution in [3.63, 3.8) is 0 Å². The highest BCUT2D eigenvalue weighted by atomic mass is 16.6. The van der Waals surface area contributed by atoms with E-state index >= 15 is 0 Å². The Morgan fingerprint density at radius 2 is 0.656 bits per heavy atom. The van der Waals surface area contributed by atoms with E-state index in [-0.39, 0.29) is 37.5 Å². The molecule has 0 saturated heterocycles. The average Bonchev–Trinajstić information content (AvgIpc) is 3.29. The number of rotatable bonds is 42. The van der Waals surface area contributed by atoms with Crippen LogP contribution in [0.15, 0.2) is 146 Å². The Balaban J connectivity index is 4.57. The smallest absolute Gasteiger partial charge is 0.306 e. The van der Waals surface area contributed by atoms with Gasteiger partial charge in [0.15, 0.2) is 6.10 Å². The van der Waals surface area contributed by atoms with Crippen LogP contribution in [-0.2, 0) is 28.6 Å². The van der Waals surface area contributed by atoms with Crippen LogP contribution in [0.3, 0.4) is 0 Å². The molecule has 0 aromatic carbocycles. The fourth-order valence-electron chi connectivity index (χ4n) is 6.07. The molecule has 0 aromatic rings. The second-order valence-corrected chi connectivity index (χ2v) is 15.9. The highest BCUT2D eigenvalue weighted by Gasteiger charge is 2.19. The highest BCUT2D eigenvalue weighted by Crippen LogP contribution is 2.12. The quantitative estimate of drug-likeness (QED) is 0.0200. The van der Waals surface area contributed by atoms with Crippen LogP contribution >= 0.6 is 0 Å². The van der Waals surface area contributed by atoms with Crippen molar-refractivity contribution in [1.29, 1.82) is 0 Å². The van der Waals surface area contributed by atoms with Gasteiger partial charge in [0.25, 0.3) is 0 Å². The van der Waals surface area contributed by atoms with Gasteiger partial charge in [-0.1, -0.05) is 231 Å². The minimum atomic E-state index is -0.821. The van der Waals surface area contributed by atoms with Crippen molar-refractivity contribution in [2.75, 3.05) is 13.2 Å². The second-order valence-electron chi connectivity index (χ2n) is 15.9. The van der Waals surface area contributed by atoms with E-state index < -0.39 is 6.10 Å². The van der Waals surface area contributed by atoms with E-state index in [1.54, 1.807) is 0 Å². The third-order valence-corrected chi connectivity index (χ3v) is 9.82. The summed E-state index contributed by atoms with van der Waals surface area (Å²) in [5.41, 5.74) is 0. The minimum absolute atomic E-state index is 0.116. The van der Waals surface area contributed by atoms with Gasteiger partial charge in [-0.15, -0.1) is 0 Å². The summed E-state index contributed by atoms with van der Waals surface area (Å²) in [4.78, 5) is 37.9. The predicted molar refractivity (Wildman–Crippen MR) is 274 cm³/mol. The van der Waals surface area contributed by atoms with E-state index in [1.807, 2.05) is 97.2 Å². The Labute approximate surface area is 391 Å². The molecule has 0 fully saturated rings. The van der Waals surface area contributed by atoms with Gasteiger partial charge in [0.05, 0.1) is 0 Å². The van der Waals surface area contributed by atoms with Crippen LogP contribution in [0.1, 0.15) is 181 Å². The van der Waals surface area contributed by atoms with E-state index in [4.69, 9.17) is 14.2 Å². The molecule has 0 aliphatic rings. The molecule has 1 unspecified atom stereocenters. The summed E-state index contributed by atoms with van der Waals surface area (Å²) in [6.07, 6.45) is 72.4. The first-order valence-electron chi connectivity index (χ1n) is 25.0. The van der Waals surface area contributed by atoms with Gasteiger partial charge in [0, 0.05) is 19.3 Å². The number of carbonyl (C=O) groups is 3. The largest absolute Gasteiger partial charge is 0.462 e. The monoisotopic (exact) mass is 881 g/mol. The normalized spacial score (nSPS) is 13.4. The summed E-state index contributed by atoms with van der Waals surface area (Å²) >= 11 is 0. The molecular weight excluding hydrogens is 793 g/mol. The van der Waals surface area contributed by atoms with Crippen molar-refractivity contribution in [1.82, 2.24) is 0 Å². The van der Waals surface area contributed by atoms with Crippen LogP contribution in [-0.4, -0.2) is 37.2 Å². The van der Waals surface area contributed by atoms with Gasteiger partial charge in [-0.05, 0) is 77.0 Å². The Hall–Kier alpha value is -4.71. The highest BCUT2D eigenvalue weighted by molar-refractivity contribution is 5.71. The molecule has 0 aromatic heterocycles. The van der Waals surface area contributed by atoms with Gasteiger partial charge in [-0.25, -0.2) is 0 Å². The molecule has 6 nitrogen and oxygen atoms in total. The summed E-state index contributed by atoms with van der Waals surface area (Å²) in [5, 5.41) is 0. The SMILES string of the molecule is CC\C=C/C=C\C=C/C=C\C=C\C=C/CCCCCC(=O)OC(COC(=O)CCCCCCC\C=C/C=C\C=C/C=C\C=C/CCC)COC(=O)CCCCCCC/C=C\CCCC.